The molecular weight excluding hydrogens is 452 g/mol. The third-order valence-corrected chi connectivity index (χ3v) is 6.85. The number of carbonyl (C=O) groups is 2. The monoisotopic (exact) mass is 497 g/mol. The zero-order chi connectivity index (χ0) is 26.2. The molecule has 2 rings (SSSR count). The van der Waals surface area contributed by atoms with Crippen LogP contribution in [0.4, 0.5) is 5.69 Å². The van der Waals surface area contributed by atoms with Crippen LogP contribution in [0.15, 0.2) is 48.5 Å². The second-order valence-corrected chi connectivity index (χ2v) is 9.35. The van der Waals surface area contributed by atoms with Gasteiger partial charge in [-0.05, 0) is 63.1 Å². The van der Waals surface area contributed by atoms with Gasteiger partial charge in [0.2, 0.25) is 0 Å². The molecule has 0 saturated heterocycles. The van der Waals surface area contributed by atoms with Crippen molar-refractivity contribution in [2.24, 2.45) is 0 Å². The summed E-state index contributed by atoms with van der Waals surface area (Å²) < 4.78 is 12.4. The zero-order valence-corrected chi connectivity index (χ0v) is 22.7. The van der Waals surface area contributed by atoms with Crippen molar-refractivity contribution in [2.75, 3.05) is 44.7 Å². The molecule has 0 atom stereocenters. The van der Waals surface area contributed by atoms with Crippen LogP contribution in [0.5, 0.6) is 5.75 Å². The van der Waals surface area contributed by atoms with E-state index in [4.69, 9.17) is 9.47 Å². The van der Waals surface area contributed by atoms with Gasteiger partial charge in [-0.3, -0.25) is 4.79 Å². The van der Waals surface area contributed by atoms with Gasteiger partial charge in [-0.15, -0.1) is 0 Å². The molecule has 0 aromatic heterocycles. The Balaban J connectivity index is 1.89. The number of hydrogen-bond donors (Lipinski definition) is 1. The summed E-state index contributed by atoms with van der Waals surface area (Å²) in [7, 11) is 0. The van der Waals surface area contributed by atoms with E-state index in [0.29, 0.717) is 35.8 Å². The number of nitrogens with one attached hydrogen (secondary N) is 1. The minimum atomic E-state index is -0.340. The maximum Gasteiger partial charge on any atom is 0.338 e. The Kier molecular flexibility index (Phi) is 13.1. The summed E-state index contributed by atoms with van der Waals surface area (Å²) in [6.07, 6.45) is 6.88. The third-order valence-electron chi connectivity index (χ3n) is 6.85. The average Bonchev–Trinajstić information content (AvgIpc) is 2.90. The fourth-order valence-corrected chi connectivity index (χ4v) is 4.41. The molecule has 1 amide bonds. The van der Waals surface area contributed by atoms with Gasteiger partial charge in [0.15, 0.2) is 0 Å². The molecular formula is C30H45N2O4+. The van der Waals surface area contributed by atoms with Crippen LogP contribution >= 0.6 is 0 Å². The molecule has 0 radical (unpaired) electrons. The molecule has 0 saturated carbocycles. The normalized spacial score (nSPS) is 11.2. The SMILES string of the molecule is CCCCCCCOc1ccccc1C(=O)Nc1ccc(C(=O)OCC[N+](CC)(CC)CCC)cc1. The average molecular weight is 498 g/mol. The second kappa shape index (κ2) is 16.0. The second-order valence-electron chi connectivity index (χ2n) is 9.35. The maximum absolute atomic E-state index is 12.9. The minimum Gasteiger partial charge on any atom is -0.493 e. The first kappa shape index (κ1) is 29.4. The largest absolute Gasteiger partial charge is 0.493 e. The molecule has 0 aliphatic rings. The van der Waals surface area contributed by atoms with Crippen molar-refractivity contribution >= 4 is 17.6 Å². The van der Waals surface area contributed by atoms with Gasteiger partial charge in [0.25, 0.3) is 5.91 Å². The molecule has 1 N–H and O–H groups in total. The number of amides is 1. The van der Waals surface area contributed by atoms with E-state index in [1.54, 1.807) is 30.3 Å². The van der Waals surface area contributed by atoms with Crippen molar-refractivity contribution in [2.45, 2.75) is 66.2 Å². The number of rotatable bonds is 17. The van der Waals surface area contributed by atoms with Gasteiger partial charge in [0, 0.05) is 5.69 Å². The van der Waals surface area contributed by atoms with Crippen LogP contribution in [0.2, 0.25) is 0 Å². The molecule has 0 heterocycles. The van der Waals surface area contributed by atoms with Gasteiger partial charge in [-0.2, -0.15) is 0 Å². The van der Waals surface area contributed by atoms with Crippen molar-refractivity contribution in [1.82, 2.24) is 0 Å². The standard InChI is InChI=1S/C30H44N2O4/c1-5-9-10-11-14-23-35-28-16-13-12-15-27(28)29(33)31-26-19-17-25(18-20-26)30(34)36-24-22-32(7-3,8-4)21-6-2/h12-13,15-20H,5-11,14,21-24H2,1-4H3/p+1. The van der Waals surface area contributed by atoms with E-state index in [9.17, 15) is 9.59 Å². The lowest BCUT2D eigenvalue weighted by molar-refractivity contribution is -0.925. The number of anilines is 1. The first-order chi connectivity index (χ1) is 17.5. The number of esters is 1. The molecule has 0 aliphatic carbocycles. The first-order valence-corrected chi connectivity index (χ1v) is 13.6. The molecule has 0 unspecified atom stereocenters. The van der Waals surface area contributed by atoms with Crippen LogP contribution in [0.1, 0.15) is 86.9 Å². The van der Waals surface area contributed by atoms with Gasteiger partial charge < -0.3 is 19.3 Å². The number of nitrogens with zero attached hydrogens (tertiary/aromatic N) is 1. The van der Waals surface area contributed by atoms with E-state index in [1.165, 1.54) is 19.3 Å². The summed E-state index contributed by atoms with van der Waals surface area (Å²) >= 11 is 0. The number of benzene rings is 2. The molecule has 2 aromatic rings. The minimum absolute atomic E-state index is 0.240. The fraction of sp³-hybridized carbons (Fsp3) is 0.533. The lowest BCUT2D eigenvalue weighted by Gasteiger charge is -2.36. The van der Waals surface area contributed by atoms with Gasteiger partial charge >= 0.3 is 5.97 Å². The molecule has 2 aromatic carbocycles. The molecule has 0 fully saturated rings. The number of quaternary nitrogens is 1. The third kappa shape index (κ3) is 9.30. The van der Waals surface area contributed by atoms with Gasteiger partial charge in [0.05, 0.1) is 37.4 Å². The Morgan fingerprint density at radius 1 is 0.778 bits per heavy atom. The van der Waals surface area contributed by atoms with Crippen LogP contribution in [0.25, 0.3) is 0 Å². The lowest BCUT2D eigenvalue weighted by Crippen LogP contribution is -2.50. The predicted octanol–water partition coefficient (Wildman–Crippen LogP) is 6.71. The molecule has 6 nitrogen and oxygen atoms in total. The van der Waals surface area contributed by atoms with E-state index in [0.717, 1.165) is 49.9 Å². The Hall–Kier alpha value is -2.86. The highest BCUT2D eigenvalue weighted by atomic mass is 16.5. The van der Waals surface area contributed by atoms with Gasteiger partial charge in [-0.1, -0.05) is 51.7 Å². The van der Waals surface area contributed by atoms with E-state index >= 15 is 0 Å². The number of hydrogen-bond acceptors (Lipinski definition) is 4. The molecule has 36 heavy (non-hydrogen) atoms. The van der Waals surface area contributed by atoms with E-state index in [-0.39, 0.29) is 11.9 Å². The smallest absolute Gasteiger partial charge is 0.338 e. The summed E-state index contributed by atoms with van der Waals surface area (Å²) in [5.41, 5.74) is 1.58. The lowest BCUT2D eigenvalue weighted by atomic mass is 10.1. The summed E-state index contributed by atoms with van der Waals surface area (Å²) in [4.78, 5) is 25.4. The Morgan fingerprint density at radius 2 is 1.47 bits per heavy atom. The van der Waals surface area contributed by atoms with Crippen LogP contribution in [0.3, 0.4) is 0 Å². The van der Waals surface area contributed by atoms with Gasteiger partial charge in [-0.25, -0.2) is 4.79 Å². The highest BCUT2D eigenvalue weighted by molar-refractivity contribution is 6.06. The topological polar surface area (TPSA) is 64.6 Å². The fourth-order valence-electron chi connectivity index (χ4n) is 4.41. The molecule has 198 valence electrons. The van der Waals surface area contributed by atoms with E-state index in [2.05, 4.69) is 33.0 Å². The number of unbranched alkanes of at least 4 members (excludes halogenated alkanes) is 4. The van der Waals surface area contributed by atoms with Crippen LogP contribution in [-0.2, 0) is 4.74 Å². The highest BCUT2D eigenvalue weighted by Crippen LogP contribution is 2.21. The molecule has 0 spiro atoms. The van der Waals surface area contributed by atoms with Crippen molar-refractivity contribution in [3.05, 3.63) is 59.7 Å². The number of para-hydroxylation sites is 1. The van der Waals surface area contributed by atoms with E-state index < -0.39 is 0 Å². The van der Waals surface area contributed by atoms with Crippen molar-refractivity contribution in [1.29, 1.82) is 0 Å². The summed E-state index contributed by atoms with van der Waals surface area (Å²) in [5.74, 6) is 0.00540. The number of likely N-dealkylation sites (N-methyl/N-ethyl adjacent to an activating group) is 1. The van der Waals surface area contributed by atoms with Crippen LogP contribution < -0.4 is 10.1 Å². The van der Waals surface area contributed by atoms with Gasteiger partial charge in [0.1, 0.15) is 18.9 Å². The summed E-state index contributed by atoms with van der Waals surface area (Å²) in [5, 5.41) is 2.90. The highest BCUT2D eigenvalue weighted by Gasteiger charge is 2.22. The van der Waals surface area contributed by atoms with Crippen molar-refractivity contribution in [3.63, 3.8) is 0 Å². The zero-order valence-electron chi connectivity index (χ0n) is 22.7. The maximum atomic E-state index is 12.9. The number of carbonyl (C=O) groups excluding carboxylic acids is 2. The van der Waals surface area contributed by atoms with E-state index in [1.807, 2.05) is 18.2 Å². The van der Waals surface area contributed by atoms with Crippen molar-refractivity contribution < 1.29 is 23.5 Å². The number of ether oxygens (including phenoxy) is 2. The molecule has 6 heteroatoms. The van der Waals surface area contributed by atoms with Crippen LogP contribution in [0, 0.1) is 0 Å². The quantitative estimate of drug-likeness (QED) is 0.150. The summed E-state index contributed by atoms with van der Waals surface area (Å²) in [6.45, 7) is 13.7. The Labute approximate surface area is 217 Å². The Bertz CT molecular complexity index is 923. The van der Waals surface area contributed by atoms with Crippen molar-refractivity contribution in [3.8, 4) is 5.75 Å². The Morgan fingerprint density at radius 3 is 2.14 bits per heavy atom. The molecule has 0 aliphatic heterocycles. The first-order valence-electron chi connectivity index (χ1n) is 13.6. The summed E-state index contributed by atoms with van der Waals surface area (Å²) in [6, 6.07) is 14.1. The van der Waals surface area contributed by atoms with Crippen LogP contribution in [-0.4, -0.2) is 55.8 Å². The predicted molar refractivity (Wildman–Crippen MR) is 147 cm³/mol. The molecule has 0 bridgehead atoms.